The van der Waals surface area contributed by atoms with Crippen LogP contribution in [0.5, 0.6) is 0 Å². The minimum atomic E-state index is -0.196. The third kappa shape index (κ3) is 2.64. The Morgan fingerprint density at radius 2 is 2.30 bits per heavy atom. The summed E-state index contributed by atoms with van der Waals surface area (Å²) in [4.78, 5) is 7.64. The lowest BCUT2D eigenvalue weighted by molar-refractivity contribution is -0.171. The second kappa shape index (κ2) is 6.51. The standard InChI is InChI=1S/C21H27FN4O/c1-23-20(26-18-15-6-10-27-19(15)21(18)7-2-8-21)24-9-5-13-12-25-17-4-3-14(22)11-16(13)17/h3-4,11-12,15,18-19,25H,2,5-10H2,1H3,(H2,23,24,26). The van der Waals surface area contributed by atoms with Gasteiger partial charge in [0, 0.05) is 54.7 Å². The van der Waals surface area contributed by atoms with Gasteiger partial charge in [-0.05, 0) is 49.4 Å². The number of nitrogens with zero attached hydrogens (tertiary/aromatic N) is 1. The summed E-state index contributed by atoms with van der Waals surface area (Å²) in [6.07, 6.45) is 8.25. The highest BCUT2D eigenvalue weighted by atomic mass is 19.1. The van der Waals surface area contributed by atoms with Crippen molar-refractivity contribution in [3.63, 3.8) is 0 Å². The first kappa shape index (κ1) is 17.0. The minimum absolute atomic E-state index is 0.196. The lowest BCUT2D eigenvalue weighted by Crippen LogP contribution is -2.72. The van der Waals surface area contributed by atoms with Crippen molar-refractivity contribution in [3.05, 3.63) is 35.8 Å². The molecule has 3 unspecified atom stereocenters. The van der Waals surface area contributed by atoms with Crippen molar-refractivity contribution in [3.8, 4) is 0 Å². The lowest BCUT2D eigenvalue weighted by atomic mass is 9.46. The number of ether oxygens (including phenoxy) is 1. The number of rotatable bonds is 4. The average Bonchev–Trinajstić information content (AvgIpc) is 3.22. The van der Waals surface area contributed by atoms with E-state index in [-0.39, 0.29) is 5.82 Å². The maximum Gasteiger partial charge on any atom is 0.191 e. The van der Waals surface area contributed by atoms with Gasteiger partial charge in [-0.2, -0.15) is 0 Å². The Morgan fingerprint density at radius 3 is 3.07 bits per heavy atom. The summed E-state index contributed by atoms with van der Waals surface area (Å²) in [5, 5.41) is 8.08. The normalized spacial score (nSPS) is 28.7. The van der Waals surface area contributed by atoms with Crippen LogP contribution in [-0.2, 0) is 11.2 Å². The maximum absolute atomic E-state index is 13.5. The highest BCUT2D eigenvalue weighted by Crippen LogP contribution is 2.62. The first-order valence-corrected chi connectivity index (χ1v) is 10.1. The molecule has 2 saturated carbocycles. The van der Waals surface area contributed by atoms with Crippen molar-refractivity contribution < 1.29 is 9.13 Å². The monoisotopic (exact) mass is 370 g/mol. The lowest BCUT2D eigenvalue weighted by Gasteiger charge is -2.63. The average molecular weight is 370 g/mol. The number of aromatic nitrogens is 1. The van der Waals surface area contributed by atoms with Crippen LogP contribution in [0.15, 0.2) is 29.4 Å². The minimum Gasteiger partial charge on any atom is -0.377 e. The molecule has 0 bridgehead atoms. The fraction of sp³-hybridized carbons (Fsp3) is 0.571. The fourth-order valence-corrected chi connectivity index (χ4v) is 5.47. The van der Waals surface area contributed by atoms with Gasteiger partial charge in [0.1, 0.15) is 5.82 Å². The van der Waals surface area contributed by atoms with Crippen LogP contribution in [0.4, 0.5) is 4.39 Å². The molecule has 3 fully saturated rings. The van der Waals surface area contributed by atoms with E-state index in [1.54, 1.807) is 12.1 Å². The van der Waals surface area contributed by atoms with Gasteiger partial charge in [0.2, 0.25) is 0 Å². The highest BCUT2D eigenvalue weighted by molar-refractivity contribution is 5.83. The largest absolute Gasteiger partial charge is 0.377 e. The Morgan fingerprint density at radius 1 is 1.41 bits per heavy atom. The van der Waals surface area contributed by atoms with Crippen LogP contribution in [0.25, 0.3) is 10.9 Å². The van der Waals surface area contributed by atoms with Crippen LogP contribution >= 0.6 is 0 Å². The van der Waals surface area contributed by atoms with Crippen LogP contribution in [0, 0.1) is 17.2 Å². The number of nitrogens with one attached hydrogen (secondary N) is 3. The molecule has 0 radical (unpaired) electrons. The Balaban J connectivity index is 1.21. The number of H-pyrrole nitrogens is 1. The predicted octanol–water partition coefficient (Wildman–Crippen LogP) is 2.97. The Bertz CT molecular complexity index is 872. The zero-order valence-corrected chi connectivity index (χ0v) is 15.7. The van der Waals surface area contributed by atoms with Crippen molar-refractivity contribution in [1.29, 1.82) is 0 Å². The fourth-order valence-electron chi connectivity index (χ4n) is 5.47. The van der Waals surface area contributed by atoms with E-state index in [0.29, 0.717) is 23.5 Å². The molecule has 1 spiro atoms. The molecule has 1 aromatic heterocycles. The van der Waals surface area contributed by atoms with E-state index >= 15 is 0 Å². The summed E-state index contributed by atoms with van der Waals surface area (Å²) in [7, 11) is 1.82. The Kier molecular flexibility index (Phi) is 4.11. The number of aromatic amines is 1. The van der Waals surface area contributed by atoms with Crippen molar-refractivity contribution in [2.45, 2.75) is 44.2 Å². The van der Waals surface area contributed by atoms with E-state index in [9.17, 15) is 4.39 Å². The van der Waals surface area contributed by atoms with Gasteiger partial charge in [-0.25, -0.2) is 4.39 Å². The van der Waals surface area contributed by atoms with Gasteiger partial charge < -0.3 is 20.4 Å². The Labute approximate surface area is 158 Å². The van der Waals surface area contributed by atoms with Crippen LogP contribution in [-0.4, -0.2) is 43.3 Å². The third-order valence-electron chi connectivity index (χ3n) is 6.97. The van der Waals surface area contributed by atoms with E-state index in [2.05, 4.69) is 20.6 Å². The number of halogens is 1. The Hall–Kier alpha value is -2.08. The van der Waals surface area contributed by atoms with Crippen molar-refractivity contribution in [2.75, 3.05) is 20.2 Å². The highest BCUT2D eigenvalue weighted by Gasteiger charge is 2.66. The molecule has 2 aliphatic carbocycles. The molecule has 5 rings (SSSR count). The number of hydrogen-bond acceptors (Lipinski definition) is 2. The van der Waals surface area contributed by atoms with Crippen LogP contribution in [0.2, 0.25) is 0 Å². The zero-order valence-electron chi connectivity index (χ0n) is 15.7. The summed E-state index contributed by atoms with van der Waals surface area (Å²) in [5.41, 5.74) is 2.44. The molecule has 1 aliphatic heterocycles. The summed E-state index contributed by atoms with van der Waals surface area (Å²) in [6, 6.07) is 5.36. The van der Waals surface area contributed by atoms with E-state index in [0.717, 1.165) is 48.4 Å². The molecule has 3 N–H and O–H groups in total. The van der Waals surface area contributed by atoms with Gasteiger partial charge in [0.15, 0.2) is 5.96 Å². The van der Waals surface area contributed by atoms with Gasteiger partial charge in [-0.3, -0.25) is 4.99 Å². The predicted molar refractivity (Wildman–Crippen MR) is 104 cm³/mol. The topological polar surface area (TPSA) is 61.4 Å². The molecule has 6 heteroatoms. The molecule has 2 heterocycles. The molecule has 27 heavy (non-hydrogen) atoms. The smallest absolute Gasteiger partial charge is 0.191 e. The quantitative estimate of drug-likeness (QED) is 0.573. The summed E-state index contributed by atoms with van der Waals surface area (Å²) in [6.45, 7) is 1.66. The number of hydrogen-bond donors (Lipinski definition) is 3. The summed E-state index contributed by atoms with van der Waals surface area (Å²) in [5.74, 6) is 1.29. The molecule has 1 saturated heterocycles. The molecular weight excluding hydrogens is 343 g/mol. The van der Waals surface area contributed by atoms with E-state index < -0.39 is 0 Å². The zero-order chi connectivity index (χ0) is 18.4. The van der Waals surface area contributed by atoms with Crippen molar-refractivity contribution >= 4 is 16.9 Å². The molecule has 3 atom stereocenters. The van der Waals surface area contributed by atoms with Gasteiger partial charge in [-0.1, -0.05) is 6.42 Å². The molecular formula is C21H27FN4O. The molecule has 5 nitrogen and oxygen atoms in total. The van der Waals surface area contributed by atoms with E-state index in [4.69, 9.17) is 4.74 Å². The summed E-state index contributed by atoms with van der Waals surface area (Å²) >= 11 is 0. The second-order valence-electron chi connectivity index (χ2n) is 8.21. The number of benzene rings is 1. The van der Waals surface area contributed by atoms with Gasteiger partial charge in [0.05, 0.1) is 6.10 Å². The summed E-state index contributed by atoms with van der Waals surface area (Å²) < 4.78 is 19.5. The first-order chi connectivity index (χ1) is 13.2. The molecule has 144 valence electrons. The van der Waals surface area contributed by atoms with Crippen molar-refractivity contribution in [1.82, 2.24) is 15.6 Å². The number of guanidine groups is 1. The van der Waals surface area contributed by atoms with E-state index in [1.165, 1.54) is 25.3 Å². The van der Waals surface area contributed by atoms with Crippen LogP contribution in [0.1, 0.15) is 31.2 Å². The van der Waals surface area contributed by atoms with Gasteiger partial charge in [0.25, 0.3) is 0 Å². The number of aliphatic imine (C=N–C) groups is 1. The van der Waals surface area contributed by atoms with Crippen molar-refractivity contribution in [2.24, 2.45) is 16.3 Å². The molecule has 2 aromatic rings. The second-order valence-corrected chi connectivity index (χ2v) is 8.21. The molecule has 0 amide bonds. The number of fused-ring (bicyclic) bond motifs is 3. The first-order valence-electron chi connectivity index (χ1n) is 10.1. The molecule has 1 aromatic carbocycles. The van der Waals surface area contributed by atoms with Crippen LogP contribution < -0.4 is 10.6 Å². The maximum atomic E-state index is 13.5. The van der Waals surface area contributed by atoms with Gasteiger partial charge in [-0.15, -0.1) is 0 Å². The SMILES string of the molecule is CN=C(NCCc1c[nH]c2ccc(F)cc12)NC1C2CCOC2C12CCC2. The van der Waals surface area contributed by atoms with Gasteiger partial charge >= 0.3 is 0 Å². The van der Waals surface area contributed by atoms with Crippen LogP contribution in [0.3, 0.4) is 0 Å². The third-order valence-corrected chi connectivity index (χ3v) is 6.97. The van der Waals surface area contributed by atoms with E-state index in [1.807, 2.05) is 13.2 Å². The molecule has 3 aliphatic rings.